The van der Waals surface area contributed by atoms with Gasteiger partial charge in [-0.2, -0.15) is 0 Å². The second-order valence-corrected chi connectivity index (χ2v) is 5.75. The predicted molar refractivity (Wildman–Crippen MR) is 74.6 cm³/mol. The molecule has 2 heterocycles. The van der Waals surface area contributed by atoms with E-state index in [4.69, 9.17) is 5.11 Å². The lowest BCUT2D eigenvalue weighted by Gasteiger charge is -2.37. The van der Waals surface area contributed by atoms with Gasteiger partial charge in [0.25, 0.3) is 0 Å². The van der Waals surface area contributed by atoms with Crippen LogP contribution >= 0.6 is 0 Å². The van der Waals surface area contributed by atoms with Gasteiger partial charge in [0.1, 0.15) is 0 Å². The Balaban J connectivity index is 1.64. The number of piperidine rings is 1. The number of nitrogens with one attached hydrogen (secondary N) is 1. The summed E-state index contributed by atoms with van der Waals surface area (Å²) in [5, 5.41) is 12.4. The van der Waals surface area contributed by atoms with E-state index in [1.54, 1.807) is 12.1 Å². The van der Waals surface area contributed by atoms with Crippen molar-refractivity contribution in [2.75, 3.05) is 12.4 Å². The predicted octanol–water partition coefficient (Wildman–Crippen LogP) is 2.42. The van der Waals surface area contributed by atoms with Gasteiger partial charge in [0.15, 0.2) is 0 Å². The fourth-order valence-corrected chi connectivity index (χ4v) is 3.47. The Morgan fingerprint density at radius 3 is 2.32 bits per heavy atom. The van der Waals surface area contributed by atoms with Crippen molar-refractivity contribution in [3.05, 3.63) is 29.8 Å². The van der Waals surface area contributed by atoms with Crippen LogP contribution in [0.5, 0.6) is 0 Å². The van der Waals surface area contributed by atoms with Gasteiger partial charge in [-0.05, 0) is 57.0 Å². The summed E-state index contributed by atoms with van der Waals surface area (Å²) in [5.41, 5.74) is 1.37. The third-order valence-electron chi connectivity index (χ3n) is 4.60. The van der Waals surface area contributed by atoms with Gasteiger partial charge in [0, 0.05) is 23.8 Å². The monoisotopic (exact) mass is 260 g/mol. The van der Waals surface area contributed by atoms with Crippen molar-refractivity contribution in [2.24, 2.45) is 0 Å². The molecular weight excluding hydrogens is 240 g/mol. The molecule has 2 N–H and O–H groups in total. The van der Waals surface area contributed by atoms with Crippen LogP contribution in [0.4, 0.5) is 5.69 Å². The molecule has 2 saturated heterocycles. The van der Waals surface area contributed by atoms with Crippen LogP contribution in [0, 0.1) is 0 Å². The maximum absolute atomic E-state index is 10.8. The molecule has 0 amide bonds. The third kappa shape index (κ3) is 2.45. The summed E-state index contributed by atoms with van der Waals surface area (Å²) in [4.78, 5) is 13.3. The first-order chi connectivity index (χ1) is 9.13. The average molecular weight is 260 g/mol. The van der Waals surface area contributed by atoms with Crippen molar-refractivity contribution < 1.29 is 9.90 Å². The number of carbonyl (C=O) groups is 1. The summed E-state index contributed by atoms with van der Waals surface area (Å²) < 4.78 is 0. The van der Waals surface area contributed by atoms with E-state index in [0.29, 0.717) is 11.6 Å². The van der Waals surface area contributed by atoms with Crippen LogP contribution in [0.3, 0.4) is 0 Å². The van der Waals surface area contributed by atoms with Gasteiger partial charge in [-0.1, -0.05) is 0 Å². The first-order valence-corrected chi connectivity index (χ1v) is 6.95. The summed E-state index contributed by atoms with van der Waals surface area (Å²) in [7, 11) is 2.24. The van der Waals surface area contributed by atoms with E-state index in [1.807, 2.05) is 12.1 Å². The molecule has 0 aliphatic carbocycles. The van der Waals surface area contributed by atoms with Gasteiger partial charge in [0.2, 0.25) is 0 Å². The van der Waals surface area contributed by atoms with Crippen LogP contribution < -0.4 is 5.32 Å². The zero-order valence-electron chi connectivity index (χ0n) is 11.2. The Bertz CT molecular complexity index is 458. The Morgan fingerprint density at radius 1 is 1.21 bits per heavy atom. The maximum Gasteiger partial charge on any atom is 0.335 e. The number of anilines is 1. The van der Waals surface area contributed by atoms with E-state index in [1.165, 1.54) is 25.7 Å². The van der Waals surface area contributed by atoms with Crippen LogP contribution in [-0.4, -0.2) is 41.1 Å². The number of carboxylic acids is 1. The molecule has 2 aliphatic heterocycles. The number of carboxylic acid groups (broad SMARTS) is 1. The fourth-order valence-electron chi connectivity index (χ4n) is 3.47. The van der Waals surface area contributed by atoms with Crippen LogP contribution in [-0.2, 0) is 0 Å². The molecule has 4 heteroatoms. The van der Waals surface area contributed by atoms with E-state index in [9.17, 15) is 4.79 Å². The highest BCUT2D eigenvalue weighted by Crippen LogP contribution is 2.35. The molecule has 0 radical (unpaired) electrons. The summed E-state index contributed by atoms with van der Waals surface area (Å²) in [6.45, 7) is 0. The minimum atomic E-state index is -0.871. The van der Waals surface area contributed by atoms with E-state index < -0.39 is 5.97 Å². The number of hydrogen-bond acceptors (Lipinski definition) is 3. The molecule has 2 bridgehead atoms. The minimum absolute atomic E-state index is 0.342. The highest BCUT2D eigenvalue weighted by atomic mass is 16.4. The molecule has 1 aromatic rings. The van der Waals surface area contributed by atoms with Gasteiger partial charge in [-0.25, -0.2) is 4.79 Å². The van der Waals surface area contributed by atoms with Crippen molar-refractivity contribution in [2.45, 2.75) is 43.8 Å². The Morgan fingerprint density at radius 2 is 1.79 bits per heavy atom. The highest BCUT2D eigenvalue weighted by molar-refractivity contribution is 5.88. The fraction of sp³-hybridized carbons (Fsp3) is 0.533. The zero-order valence-corrected chi connectivity index (χ0v) is 11.2. The van der Waals surface area contributed by atoms with Gasteiger partial charge in [-0.3, -0.25) is 0 Å². The first kappa shape index (κ1) is 12.5. The summed E-state index contributed by atoms with van der Waals surface area (Å²) >= 11 is 0. The SMILES string of the molecule is CN1C2CCC1CC(Nc1ccc(C(=O)O)cc1)C2. The number of rotatable bonds is 3. The summed E-state index contributed by atoms with van der Waals surface area (Å²) in [5.74, 6) is -0.871. The second kappa shape index (κ2) is 4.85. The molecule has 0 spiro atoms. The number of fused-ring (bicyclic) bond motifs is 2. The van der Waals surface area contributed by atoms with Gasteiger partial charge in [0.05, 0.1) is 5.56 Å². The number of nitrogens with zero attached hydrogens (tertiary/aromatic N) is 1. The molecule has 1 aromatic carbocycles. The molecule has 19 heavy (non-hydrogen) atoms. The van der Waals surface area contributed by atoms with Gasteiger partial charge < -0.3 is 15.3 Å². The normalized spacial score (nSPS) is 30.3. The van der Waals surface area contributed by atoms with Crippen molar-refractivity contribution in [1.82, 2.24) is 4.90 Å². The molecule has 2 aliphatic rings. The molecule has 2 fully saturated rings. The molecule has 102 valence electrons. The van der Waals surface area contributed by atoms with E-state index >= 15 is 0 Å². The second-order valence-electron chi connectivity index (χ2n) is 5.75. The molecule has 2 atom stereocenters. The first-order valence-electron chi connectivity index (χ1n) is 6.95. The molecular formula is C15H20N2O2. The van der Waals surface area contributed by atoms with Crippen LogP contribution in [0.25, 0.3) is 0 Å². The smallest absolute Gasteiger partial charge is 0.335 e. The Hall–Kier alpha value is -1.55. The maximum atomic E-state index is 10.8. The lowest BCUT2D eigenvalue weighted by molar-refractivity contribution is 0.0697. The van der Waals surface area contributed by atoms with E-state index in [-0.39, 0.29) is 0 Å². The Labute approximate surface area is 113 Å². The van der Waals surface area contributed by atoms with Gasteiger partial charge >= 0.3 is 5.97 Å². The topological polar surface area (TPSA) is 52.6 Å². The van der Waals surface area contributed by atoms with Crippen molar-refractivity contribution in [3.63, 3.8) is 0 Å². The molecule has 0 aromatic heterocycles. The third-order valence-corrected chi connectivity index (χ3v) is 4.60. The van der Waals surface area contributed by atoms with Crippen LogP contribution in [0.2, 0.25) is 0 Å². The highest BCUT2D eigenvalue weighted by Gasteiger charge is 2.38. The standard InChI is InChI=1S/C15H20N2O2/c1-17-13-6-7-14(17)9-12(8-13)16-11-4-2-10(3-5-11)15(18)19/h2-5,12-14,16H,6-9H2,1H3,(H,18,19). The minimum Gasteiger partial charge on any atom is -0.478 e. The van der Waals surface area contributed by atoms with Crippen molar-refractivity contribution in [3.8, 4) is 0 Å². The van der Waals surface area contributed by atoms with Gasteiger partial charge in [-0.15, -0.1) is 0 Å². The number of benzene rings is 1. The number of aromatic carboxylic acids is 1. The average Bonchev–Trinajstić information content (AvgIpc) is 2.63. The molecule has 4 nitrogen and oxygen atoms in total. The molecule has 3 rings (SSSR count). The largest absolute Gasteiger partial charge is 0.478 e. The van der Waals surface area contributed by atoms with Crippen molar-refractivity contribution >= 4 is 11.7 Å². The number of hydrogen-bond donors (Lipinski definition) is 2. The lowest BCUT2D eigenvalue weighted by atomic mass is 9.97. The lowest BCUT2D eigenvalue weighted by Crippen LogP contribution is -2.44. The quantitative estimate of drug-likeness (QED) is 0.876. The Kier molecular flexibility index (Phi) is 3.19. The molecule has 0 saturated carbocycles. The molecule has 2 unspecified atom stereocenters. The van der Waals surface area contributed by atoms with E-state index in [2.05, 4.69) is 17.3 Å². The summed E-state index contributed by atoms with van der Waals surface area (Å²) in [6.07, 6.45) is 5.01. The van der Waals surface area contributed by atoms with Crippen LogP contribution in [0.1, 0.15) is 36.0 Å². The zero-order chi connectivity index (χ0) is 13.4. The van der Waals surface area contributed by atoms with E-state index in [0.717, 1.165) is 17.8 Å². The summed E-state index contributed by atoms with van der Waals surface area (Å²) in [6, 6.07) is 9.00. The van der Waals surface area contributed by atoms with Crippen LogP contribution in [0.15, 0.2) is 24.3 Å². The van der Waals surface area contributed by atoms with Crippen molar-refractivity contribution in [1.29, 1.82) is 0 Å².